The highest BCUT2D eigenvalue weighted by atomic mass is 127. The molecule has 3 aromatic rings. The minimum atomic E-state index is -1.14. The smallest absolute Gasteiger partial charge is 0.203 e. The third kappa shape index (κ3) is 1.97. The van der Waals surface area contributed by atoms with Crippen molar-refractivity contribution >= 4 is 60.5 Å². The van der Waals surface area contributed by atoms with Crippen molar-refractivity contribution in [1.82, 2.24) is 0 Å². The number of hydrogen-bond donors (Lipinski definition) is 0. The molecule has 0 atom stereocenters. The van der Waals surface area contributed by atoms with Crippen LogP contribution in [0.2, 0.25) is 0 Å². The summed E-state index contributed by atoms with van der Waals surface area (Å²) in [5, 5.41) is 0.359. The van der Waals surface area contributed by atoms with E-state index in [0.29, 0.717) is 9.86 Å². The zero-order valence-corrected chi connectivity index (χ0v) is 12.9. The Bertz CT molecular complexity index is 889. The van der Waals surface area contributed by atoms with Gasteiger partial charge in [-0.25, -0.2) is 4.39 Å². The highest BCUT2D eigenvalue weighted by molar-refractivity contribution is 14.1. The third-order valence-corrected chi connectivity index (χ3v) is 4.04. The van der Waals surface area contributed by atoms with Crippen molar-refractivity contribution in [3.8, 4) is 0 Å². The Labute approximate surface area is 127 Å². The Balaban J connectivity index is 2.62. The Morgan fingerprint density at radius 1 is 1.11 bits per heavy atom. The van der Waals surface area contributed by atoms with Crippen molar-refractivity contribution in [1.29, 1.82) is 0 Å². The number of fused-ring (bicyclic) bond motifs is 2. The minimum Gasteiger partial charge on any atom is -0.453 e. The molecule has 0 aliphatic rings. The van der Waals surface area contributed by atoms with Crippen LogP contribution in [0, 0.1) is 15.2 Å². The standard InChI is InChI=1S/C13H4BrF2IO2/c14-5-1-2-9-6(3-5)12(18)7-4-8(17)10(15)11(16)13(7)19-9/h1-4H. The van der Waals surface area contributed by atoms with Crippen LogP contribution in [0.25, 0.3) is 21.9 Å². The van der Waals surface area contributed by atoms with E-state index in [9.17, 15) is 13.6 Å². The fraction of sp³-hybridized carbons (Fsp3) is 0. The molecule has 0 N–H and O–H groups in total. The highest BCUT2D eigenvalue weighted by Gasteiger charge is 2.17. The number of rotatable bonds is 0. The van der Waals surface area contributed by atoms with Gasteiger partial charge in [-0.15, -0.1) is 0 Å². The molecule has 6 heteroatoms. The Morgan fingerprint density at radius 3 is 2.58 bits per heavy atom. The van der Waals surface area contributed by atoms with E-state index in [0.717, 1.165) is 0 Å². The first-order valence-electron chi connectivity index (χ1n) is 5.18. The van der Waals surface area contributed by atoms with Crippen LogP contribution in [0.15, 0.2) is 37.9 Å². The quantitative estimate of drug-likeness (QED) is 0.293. The molecule has 96 valence electrons. The van der Waals surface area contributed by atoms with Gasteiger partial charge in [-0.1, -0.05) is 15.9 Å². The van der Waals surface area contributed by atoms with Crippen LogP contribution >= 0.6 is 38.5 Å². The van der Waals surface area contributed by atoms with Crippen LogP contribution in [-0.2, 0) is 0 Å². The summed E-state index contributed by atoms with van der Waals surface area (Å²) in [6, 6.07) is 6.09. The van der Waals surface area contributed by atoms with Crippen molar-refractivity contribution in [2.75, 3.05) is 0 Å². The van der Waals surface area contributed by atoms with Crippen molar-refractivity contribution < 1.29 is 13.2 Å². The van der Waals surface area contributed by atoms with Gasteiger partial charge in [0, 0.05) is 4.47 Å². The molecular formula is C13H4BrF2IO2. The molecule has 0 aliphatic heterocycles. The van der Waals surface area contributed by atoms with E-state index in [4.69, 9.17) is 4.42 Å². The van der Waals surface area contributed by atoms with Crippen molar-refractivity contribution in [3.05, 3.63) is 54.2 Å². The molecule has 2 aromatic carbocycles. The van der Waals surface area contributed by atoms with Crippen LogP contribution in [0.4, 0.5) is 8.78 Å². The summed E-state index contributed by atoms with van der Waals surface area (Å²) in [5.74, 6) is -2.14. The predicted molar refractivity (Wildman–Crippen MR) is 80.3 cm³/mol. The van der Waals surface area contributed by atoms with Gasteiger partial charge in [0.1, 0.15) is 5.58 Å². The van der Waals surface area contributed by atoms with Crippen LogP contribution in [-0.4, -0.2) is 0 Å². The Hall–Kier alpha value is -1.02. The van der Waals surface area contributed by atoms with Crippen LogP contribution in [0.3, 0.4) is 0 Å². The van der Waals surface area contributed by atoms with Crippen molar-refractivity contribution in [2.45, 2.75) is 0 Å². The van der Waals surface area contributed by atoms with E-state index < -0.39 is 11.6 Å². The van der Waals surface area contributed by atoms with E-state index in [-0.39, 0.29) is 25.6 Å². The van der Waals surface area contributed by atoms with Crippen molar-refractivity contribution in [2.24, 2.45) is 0 Å². The fourth-order valence-electron chi connectivity index (χ4n) is 1.87. The zero-order chi connectivity index (χ0) is 13.7. The summed E-state index contributed by atoms with van der Waals surface area (Å²) in [5.41, 5.74) is -0.507. The monoisotopic (exact) mass is 436 g/mol. The Kier molecular flexibility index (Phi) is 3.09. The largest absolute Gasteiger partial charge is 0.453 e. The van der Waals surface area contributed by atoms with Crippen LogP contribution in [0.1, 0.15) is 0 Å². The molecule has 0 amide bonds. The maximum absolute atomic E-state index is 13.8. The minimum absolute atomic E-state index is 0.0360. The first-order chi connectivity index (χ1) is 8.99. The second-order valence-electron chi connectivity index (χ2n) is 3.93. The van der Waals surface area contributed by atoms with Gasteiger partial charge >= 0.3 is 0 Å². The van der Waals surface area contributed by atoms with E-state index in [1.807, 2.05) is 0 Å². The lowest BCUT2D eigenvalue weighted by Gasteiger charge is -2.04. The summed E-state index contributed by atoms with van der Waals surface area (Å²) >= 11 is 4.90. The first kappa shape index (κ1) is 13.0. The maximum atomic E-state index is 13.8. The molecule has 0 bridgehead atoms. The second-order valence-corrected chi connectivity index (χ2v) is 6.01. The zero-order valence-electron chi connectivity index (χ0n) is 9.14. The van der Waals surface area contributed by atoms with Crippen LogP contribution in [0.5, 0.6) is 0 Å². The molecule has 19 heavy (non-hydrogen) atoms. The lowest BCUT2D eigenvalue weighted by Crippen LogP contribution is -2.05. The molecule has 0 unspecified atom stereocenters. The van der Waals surface area contributed by atoms with Gasteiger partial charge in [-0.05, 0) is 46.9 Å². The lowest BCUT2D eigenvalue weighted by atomic mass is 10.1. The Morgan fingerprint density at radius 2 is 1.84 bits per heavy atom. The van der Waals surface area contributed by atoms with E-state index in [1.165, 1.54) is 12.1 Å². The highest BCUT2D eigenvalue weighted by Crippen LogP contribution is 2.27. The van der Waals surface area contributed by atoms with Gasteiger partial charge in [0.2, 0.25) is 11.2 Å². The molecular weight excluding hydrogens is 433 g/mol. The average molecular weight is 437 g/mol. The summed E-state index contributed by atoms with van der Waals surface area (Å²) < 4.78 is 33.4. The van der Waals surface area contributed by atoms with E-state index >= 15 is 0 Å². The first-order valence-corrected chi connectivity index (χ1v) is 7.06. The third-order valence-electron chi connectivity index (χ3n) is 2.76. The number of hydrogen-bond acceptors (Lipinski definition) is 2. The molecule has 1 heterocycles. The van der Waals surface area contributed by atoms with Gasteiger partial charge in [0.25, 0.3) is 0 Å². The lowest BCUT2D eigenvalue weighted by molar-refractivity contribution is 0.492. The molecule has 2 nitrogen and oxygen atoms in total. The maximum Gasteiger partial charge on any atom is 0.203 e. The summed E-state index contributed by atoms with van der Waals surface area (Å²) in [4.78, 5) is 12.3. The SMILES string of the molecule is O=c1c2cc(Br)ccc2oc2c(F)c(F)c(I)cc12. The molecule has 0 aliphatic carbocycles. The number of halogens is 4. The summed E-state index contributed by atoms with van der Waals surface area (Å²) in [6.45, 7) is 0. The molecule has 0 fully saturated rings. The van der Waals surface area contributed by atoms with Gasteiger partial charge in [0.15, 0.2) is 11.4 Å². The molecule has 1 aromatic heterocycles. The topological polar surface area (TPSA) is 30.2 Å². The van der Waals surface area contributed by atoms with E-state index in [1.54, 1.807) is 34.7 Å². The molecule has 3 rings (SSSR count). The van der Waals surface area contributed by atoms with Gasteiger partial charge in [0.05, 0.1) is 14.3 Å². The van der Waals surface area contributed by atoms with Crippen molar-refractivity contribution in [3.63, 3.8) is 0 Å². The van der Waals surface area contributed by atoms with Gasteiger partial charge in [-0.3, -0.25) is 4.79 Å². The second kappa shape index (κ2) is 4.52. The van der Waals surface area contributed by atoms with Gasteiger partial charge < -0.3 is 4.42 Å². The van der Waals surface area contributed by atoms with Crippen LogP contribution < -0.4 is 5.43 Å². The normalized spacial score (nSPS) is 11.4. The predicted octanol–water partition coefficient (Wildman–Crippen LogP) is 4.59. The molecule has 0 saturated heterocycles. The summed E-state index contributed by atoms with van der Waals surface area (Å²) in [7, 11) is 0. The molecule has 0 spiro atoms. The van der Waals surface area contributed by atoms with Gasteiger partial charge in [-0.2, -0.15) is 4.39 Å². The fourth-order valence-corrected chi connectivity index (χ4v) is 2.78. The molecule has 0 saturated carbocycles. The average Bonchev–Trinajstić information content (AvgIpc) is 2.39. The summed E-state index contributed by atoms with van der Waals surface area (Å²) in [6.07, 6.45) is 0. The van der Waals surface area contributed by atoms with E-state index in [2.05, 4.69) is 15.9 Å². The molecule has 0 radical (unpaired) electrons. The number of benzene rings is 2.